The Morgan fingerprint density at radius 2 is 2.00 bits per heavy atom. The van der Waals surface area contributed by atoms with E-state index in [2.05, 4.69) is 26.1 Å². The predicted octanol–water partition coefficient (Wildman–Crippen LogP) is 1.00. The van der Waals surface area contributed by atoms with Crippen molar-refractivity contribution in [3.8, 4) is 0 Å². The Morgan fingerprint density at radius 3 is 2.00 bits per heavy atom. The van der Waals surface area contributed by atoms with Crippen LogP contribution in [0.15, 0.2) is 0 Å². The molecule has 1 atom stereocenters. The first kappa shape index (κ1) is 5.10. The molecule has 0 radical (unpaired) electrons. The van der Waals surface area contributed by atoms with E-state index in [0.717, 1.165) is 6.04 Å². The molecule has 1 heterocycles. The van der Waals surface area contributed by atoms with Gasteiger partial charge in [-0.3, -0.25) is 0 Å². The Kier molecular flexibility index (Phi) is 0.890. The summed E-state index contributed by atoms with van der Waals surface area (Å²) >= 11 is 0. The Bertz CT molecular complexity index is 76.2. The fraction of sp³-hybridized carbons (Fsp3) is 1.00. The van der Waals surface area contributed by atoms with Crippen LogP contribution in [0.2, 0.25) is 0 Å². The van der Waals surface area contributed by atoms with E-state index in [9.17, 15) is 0 Å². The number of nitrogens with one attached hydrogen (secondary N) is 1. The predicted molar refractivity (Wildman–Crippen MR) is 31.2 cm³/mol. The van der Waals surface area contributed by atoms with Crippen LogP contribution < -0.4 is 5.32 Å². The van der Waals surface area contributed by atoms with Gasteiger partial charge in [0.2, 0.25) is 0 Å². The molecule has 1 heteroatoms. The van der Waals surface area contributed by atoms with Crippen molar-refractivity contribution in [3.05, 3.63) is 0 Å². The van der Waals surface area contributed by atoms with Crippen molar-refractivity contribution in [2.45, 2.75) is 26.8 Å². The zero-order chi connectivity index (χ0) is 5.49. The average Bonchev–Trinajstić information content (AvgIpc) is 1.63. The van der Waals surface area contributed by atoms with E-state index in [1.807, 2.05) is 0 Å². The molecule has 0 unspecified atom stereocenters. The standard InChI is InChI=1S/C6H13N/c1-5-6(2,3)4-7-5/h5,7H,4H2,1-3H3/t5-/m1/s1. The third kappa shape index (κ3) is 0.653. The lowest BCUT2D eigenvalue weighted by atomic mass is 9.78. The van der Waals surface area contributed by atoms with Crippen LogP contribution >= 0.6 is 0 Å². The number of rotatable bonds is 0. The van der Waals surface area contributed by atoms with Gasteiger partial charge in [-0.2, -0.15) is 0 Å². The van der Waals surface area contributed by atoms with Crippen molar-refractivity contribution < 1.29 is 0 Å². The van der Waals surface area contributed by atoms with E-state index >= 15 is 0 Å². The van der Waals surface area contributed by atoms with Crippen LogP contribution in [-0.2, 0) is 0 Å². The van der Waals surface area contributed by atoms with Crippen molar-refractivity contribution in [1.82, 2.24) is 5.32 Å². The van der Waals surface area contributed by atoms with E-state index in [1.54, 1.807) is 0 Å². The van der Waals surface area contributed by atoms with Gasteiger partial charge in [-0.15, -0.1) is 0 Å². The third-order valence-electron chi connectivity index (χ3n) is 2.04. The van der Waals surface area contributed by atoms with Gasteiger partial charge in [0, 0.05) is 12.6 Å². The number of hydrogen-bond acceptors (Lipinski definition) is 1. The van der Waals surface area contributed by atoms with Gasteiger partial charge in [-0.1, -0.05) is 13.8 Å². The molecule has 0 saturated carbocycles. The molecule has 0 aliphatic carbocycles. The molecule has 7 heavy (non-hydrogen) atoms. The van der Waals surface area contributed by atoms with E-state index in [-0.39, 0.29) is 0 Å². The van der Waals surface area contributed by atoms with E-state index in [4.69, 9.17) is 0 Å². The van der Waals surface area contributed by atoms with Gasteiger partial charge in [0.05, 0.1) is 0 Å². The second-order valence-electron chi connectivity index (χ2n) is 3.09. The minimum absolute atomic E-state index is 0.569. The summed E-state index contributed by atoms with van der Waals surface area (Å²) in [6, 6.07) is 0.729. The zero-order valence-corrected chi connectivity index (χ0v) is 5.28. The van der Waals surface area contributed by atoms with Crippen LogP contribution in [0.3, 0.4) is 0 Å². The maximum absolute atomic E-state index is 3.30. The minimum Gasteiger partial charge on any atom is -0.313 e. The van der Waals surface area contributed by atoms with Crippen LogP contribution in [0, 0.1) is 5.41 Å². The van der Waals surface area contributed by atoms with Crippen LogP contribution in [0.5, 0.6) is 0 Å². The molecule has 0 aromatic rings. The van der Waals surface area contributed by atoms with Gasteiger partial charge in [-0.25, -0.2) is 0 Å². The van der Waals surface area contributed by atoms with E-state index in [1.165, 1.54) is 6.54 Å². The molecule has 0 aromatic carbocycles. The smallest absolute Gasteiger partial charge is 0.0102 e. The quantitative estimate of drug-likeness (QED) is 0.478. The van der Waals surface area contributed by atoms with Crippen molar-refractivity contribution in [2.24, 2.45) is 5.41 Å². The van der Waals surface area contributed by atoms with Crippen molar-refractivity contribution in [3.63, 3.8) is 0 Å². The first-order valence-corrected chi connectivity index (χ1v) is 2.86. The first-order chi connectivity index (χ1) is 3.13. The fourth-order valence-corrected chi connectivity index (χ4v) is 0.714. The van der Waals surface area contributed by atoms with E-state index < -0.39 is 0 Å². The molecule has 0 amide bonds. The summed E-state index contributed by atoms with van der Waals surface area (Å²) < 4.78 is 0. The van der Waals surface area contributed by atoms with E-state index in [0.29, 0.717) is 5.41 Å². The highest BCUT2D eigenvalue weighted by molar-refractivity contribution is 4.91. The highest BCUT2D eigenvalue weighted by Gasteiger charge is 2.33. The first-order valence-electron chi connectivity index (χ1n) is 2.86. The highest BCUT2D eigenvalue weighted by Crippen LogP contribution is 2.26. The van der Waals surface area contributed by atoms with Crippen LogP contribution in [0.1, 0.15) is 20.8 Å². The fourth-order valence-electron chi connectivity index (χ4n) is 0.714. The van der Waals surface area contributed by atoms with Crippen molar-refractivity contribution in [2.75, 3.05) is 6.54 Å². The summed E-state index contributed by atoms with van der Waals surface area (Å²) in [6.45, 7) is 7.99. The Balaban J connectivity index is 2.43. The lowest BCUT2D eigenvalue weighted by Gasteiger charge is -2.43. The summed E-state index contributed by atoms with van der Waals surface area (Å²) in [6.07, 6.45) is 0. The average molecular weight is 99.2 g/mol. The molecule has 0 aromatic heterocycles. The largest absolute Gasteiger partial charge is 0.313 e. The van der Waals surface area contributed by atoms with Crippen LogP contribution in [0.25, 0.3) is 0 Å². The lowest BCUT2D eigenvalue weighted by Crippen LogP contribution is -2.57. The van der Waals surface area contributed by atoms with Gasteiger partial charge < -0.3 is 5.32 Å². The molecular weight excluding hydrogens is 86.1 g/mol. The van der Waals surface area contributed by atoms with Gasteiger partial charge in [-0.05, 0) is 12.3 Å². The van der Waals surface area contributed by atoms with Gasteiger partial charge in [0.25, 0.3) is 0 Å². The lowest BCUT2D eigenvalue weighted by molar-refractivity contribution is 0.143. The third-order valence-corrected chi connectivity index (χ3v) is 2.04. The van der Waals surface area contributed by atoms with Gasteiger partial charge in [0.15, 0.2) is 0 Å². The SMILES string of the molecule is C[C@H]1NCC1(C)C. The van der Waals surface area contributed by atoms with Crippen LogP contribution in [0.4, 0.5) is 0 Å². The van der Waals surface area contributed by atoms with Crippen molar-refractivity contribution in [1.29, 1.82) is 0 Å². The molecule has 1 nitrogen and oxygen atoms in total. The summed E-state index contributed by atoms with van der Waals surface area (Å²) in [7, 11) is 0. The minimum atomic E-state index is 0.569. The highest BCUT2D eigenvalue weighted by atomic mass is 15.0. The zero-order valence-electron chi connectivity index (χ0n) is 5.28. The molecule has 0 bridgehead atoms. The molecule has 42 valence electrons. The maximum Gasteiger partial charge on any atom is 0.0102 e. The second kappa shape index (κ2) is 1.22. The Morgan fingerprint density at radius 1 is 1.57 bits per heavy atom. The van der Waals surface area contributed by atoms with Crippen molar-refractivity contribution >= 4 is 0 Å². The van der Waals surface area contributed by atoms with Crippen LogP contribution in [-0.4, -0.2) is 12.6 Å². The second-order valence-corrected chi connectivity index (χ2v) is 3.09. The monoisotopic (exact) mass is 99.1 g/mol. The molecule has 1 aliphatic heterocycles. The molecule has 1 aliphatic rings. The van der Waals surface area contributed by atoms with Gasteiger partial charge in [0.1, 0.15) is 0 Å². The number of hydrogen-bond donors (Lipinski definition) is 1. The van der Waals surface area contributed by atoms with Gasteiger partial charge >= 0.3 is 0 Å². The molecular formula is C6H13N. The summed E-state index contributed by atoms with van der Waals surface area (Å²) in [5.41, 5.74) is 0.569. The summed E-state index contributed by atoms with van der Waals surface area (Å²) in [5, 5.41) is 3.30. The molecule has 1 saturated heterocycles. The molecule has 1 N–H and O–H groups in total. The topological polar surface area (TPSA) is 12.0 Å². The molecule has 1 rings (SSSR count). The normalized spacial score (nSPS) is 37.3. The Hall–Kier alpha value is -0.0400. The maximum atomic E-state index is 3.30. The Labute approximate surface area is 45.1 Å². The summed E-state index contributed by atoms with van der Waals surface area (Å²) in [4.78, 5) is 0. The molecule has 0 spiro atoms. The molecule has 1 fully saturated rings. The summed E-state index contributed by atoms with van der Waals surface area (Å²) in [5.74, 6) is 0.